The molecule has 0 aromatic heterocycles. The molecule has 2 aromatic rings. The van der Waals surface area contributed by atoms with Crippen molar-refractivity contribution in [3.8, 4) is 0 Å². The fraction of sp³-hybridized carbons (Fsp3) is 0.0769. The molecule has 128 valence electrons. The Bertz CT molecular complexity index is 904. The Morgan fingerprint density at radius 2 is 1.75 bits per heavy atom. The summed E-state index contributed by atoms with van der Waals surface area (Å²) in [4.78, 5) is 14.7. The van der Waals surface area contributed by atoms with Crippen LogP contribution in [0, 0.1) is 10.1 Å². The van der Waals surface area contributed by atoms with Gasteiger partial charge in [-0.25, -0.2) is 0 Å². The van der Waals surface area contributed by atoms with Crippen LogP contribution in [0.15, 0.2) is 41.3 Å². The van der Waals surface area contributed by atoms with Crippen LogP contribution >= 0.6 is 34.8 Å². The van der Waals surface area contributed by atoms with Gasteiger partial charge >= 0.3 is 0 Å². The van der Waals surface area contributed by atoms with Gasteiger partial charge in [0.05, 0.1) is 22.1 Å². The lowest BCUT2D eigenvalue weighted by Gasteiger charge is -2.22. The maximum absolute atomic E-state index is 12.8. The molecular weight excluding hydrogens is 403 g/mol. The second kappa shape index (κ2) is 7.12. The van der Waals surface area contributed by atoms with Gasteiger partial charge in [-0.15, -0.1) is 4.47 Å². The molecule has 0 unspecified atom stereocenters. The highest BCUT2D eigenvalue weighted by molar-refractivity contribution is 7.92. The molecule has 0 aliphatic rings. The van der Waals surface area contributed by atoms with Gasteiger partial charge in [0.1, 0.15) is 10.6 Å². The van der Waals surface area contributed by atoms with Crippen LogP contribution in [-0.4, -0.2) is 20.5 Å². The molecule has 2 aromatic carbocycles. The van der Waals surface area contributed by atoms with Gasteiger partial charge in [-0.3, -0.25) is 15.0 Å². The van der Waals surface area contributed by atoms with Crippen molar-refractivity contribution in [2.24, 2.45) is 0 Å². The molecule has 0 heterocycles. The highest BCUT2D eigenvalue weighted by atomic mass is 35.5. The first-order chi connectivity index (χ1) is 11.2. The zero-order valence-electron chi connectivity index (χ0n) is 11.9. The van der Waals surface area contributed by atoms with Gasteiger partial charge in [-0.1, -0.05) is 34.8 Å². The summed E-state index contributed by atoms with van der Waals surface area (Å²) < 4.78 is 26.1. The number of halogens is 3. The predicted octanol–water partition coefficient (Wildman–Crippen LogP) is 4.31. The summed E-state index contributed by atoms with van der Waals surface area (Å²) in [6.07, 6.45) is 0. The average Bonchev–Trinajstić information content (AvgIpc) is 2.51. The average molecular weight is 412 g/mol. The third-order valence-electron chi connectivity index (χ3n) is 2.89. The fourth-order valence-corrected chi connectivity index (χ4v) is 4.18. The van der Waals surface area contributed by atoms with Crippen molar-refractivity contribution < 1.29 is 18.2 Å². The van der Waals surface area contributed by atoms with Crippen LogP contribution in [0.25, 0.3) is 0 Å². The molecule has 7 nitrogen and oxygen atoms in total. The number of anilines is 1. The number of non-ortho nitro benzene ring substituents is 1. The van der Waals surface area contributed by atoms with Crippen LogP contribution in [0.4, 0.5) is 11.4 Å². The third kappa shape index (κ3) is 3.57. The Hall–Kier alpha value is -1.58. The van der Waals surface area contributed by atoms with E-state index >= 15 is 0 Å². The van der Waals surface area contributed by atoms with Crippen molar-refractivity contribution in [3.63, 3.8) is 0 Å². The second-order valence-electron chi connectivity index (χ2n) is 4.38. The highest BCUT2D eigenvalue weighted by Crippen LogP contribution is 2.35. The molecule has 0 spiro atoms. The van der Waals surface area contributed by atoms with E-state index in [9.17, 15) is 18.5 Å². The van der Waals surface area contributed by atoms with E-state index in [-0.39, 0.29) is 31.3 Å². The molecule has 0 bridgehead atoms. The van der Waals surface area contributed by atoms with E-state index in [0.29, 0.717) is 4.47 Å². The summed E-state index contributed by atoms with van der Waals surface area (Å²) >= 11 is 17.7. The molecule has 0 saturated carbocycles. The van der Waals surface area contributed by atoms with Gasteiger partial charge < -0.3 is 0 Å². The first-order valence-corrected chi connectivity index (χ1v) is 8.74. The summed E-state index contributed by atoms with van der Waals surface area (Å²) in [5, 5.41) is 10.7. The number of hydrogen-bond donors (Lipinski definition) is 0. The summed E-state index contributed by atoms with van der Waals surface area (Å²) in [6, 6.07) is 7.17. The van der Waals surface area contributed by atoms with Gasteiger partial charge in [0.2, 0.25) is 0 Å². The van der Waals surface area contributed by atoms with E-state index in [0.717, 1.165) is 31.4 Å². The molecule has 0 radical (unpaired) electrons. The molecule has 0 atom stereocenters. The van der Waals surface area contributed by atoms with Gasteiger partial charge in [0, 0.05) is 17.2 Å². The lowest BCUT2D eigenvalue weighted by molar-refractivity contribution is -0.384. The zero-order chi connectivity index (χ0) is 18.1. The van der Waals surface area contributed by atoms with Crippen molar-refractivity contribution in [2.75, 3.05) is 11.6 Å². The molecule has 0 N–H and O–H groups in total. The topological polar surface area (TPSA) is 89.8 Å². The molecule has 24 heavy (non-hydrogen) atoms. The van der Waals surface area contributed by atoms with Crippen molar-refractivity contribution in [3.05, 3.63) is 61.6 Å². The Morgan fingerprint density at radius 1 is 1.08 bits per heavy atom. The van der Waals surface area contributed by atoms with Gasteiger partial charge in [0.25, 0.3) is 15.7 Å². The van der Waals surface area contributed by atoms with E-state index in [2.05, 4.69) is 0 Å². The van der Waals surface area contributed by atoms with E-state index in [1.54, 1.807) is 0 Å². The number of hydrogen-bond acceptors (Lipinski definition) is 5. The first kappa shape index (κ1) is 18.8. The Labute approximate surface area is 152 Å². The SMILES string of the molecule is CON(c1ccc([N+](=O)[O-])cc1Cl)S(=O)(=O)c1cc(Cl)ccc1Cl. The van der Waals surface area contributed by atoms with Crippen LogP contribution < -0.4 is 4.47 Å². The van der Waals surface area contributed by atoms with Crippen LogP contribution in [0.3, 0.4) is 0 Å². The number of nitro groups is 1. The molecule has 2 rings (SSSR count). The van der Waals surface area contributed by atoms with Gasteiger partial charge in [0.15, 0.2) is 0 Å². The zero-order valence-corrected chi connectivity index (χ0v) is 15.0. The summed E-state index contributed by atoms with van der Waals surface area (Å²) in [5.41, 5.74) is -0.404. The highest BCUT2D eigenvalue weighted by Gasteiger charge is 2.30. The summed E-state index contributed by atoms with van der Waals surface area (Å²) in [5.74, 6) is 0. The van der Waals surface area contributed by atoms with E-state index in [4.69, 9.17) is 39.6 Å². The van der Waals surface area contributed by atoms with Gasteiger partial charge in [-0.05, 0) is 24.3 Å². The van der Waals surface area contributed by atoms with E-state index < -0.39 is 14.9 Å². The molecular formula is C13H9Cl3N2O5S. The molecule has 0 saturated heterocycles. The second-order valence-corrected chi connectivity index (χ2v) is 7.35. The standard InChI is InChI=1S/C13H9Cl3N2O5S/c1-23-18(12-5-3-9(17(19)20)7-11(12)16)24(21,22)13-6-8(14)2-4-10(13)15/h2-7H,1H3. The normalized spacial score (nSPS) is 11.3. The van der Waals surface area contributed by atoms with E-state index in [1.807, 2.05) is 0 Å². The van der Waals surface area contributed by atoms with Crippen molar-refractivity contribution in [1.29, 1.82) is 0 Å². The van der Waals surface area contributed by atoms with Crippen molar-refractivity contribution >= 4 is 56.2 Å². The largest absolute Gasteiger partial charge is 0.288 e. The van der Waals surface area contributed by atoms with Crippen LogP contribution in [-0.2, 0) is 14.9 Å². The van der Waals surface area contributed by atoms with Crippen LogP contribution in [0.5, 0.6) is 0 Å². The third-order valence-corrected chi connectivity index (χ3v) is 5.55. The maximum Gasteiger partial charge on any atom is 0.288 e. The molecule has 0 aliphatic carbocycles. The number of nitro benzene ring substituents is 1. The Balaban J connectivity index is 2.59. The van der Waals surface area contributed by atoms with Crippen LogP contribution in [0.2, 0.25) is 15.1 Å². The van der Waals surface area contributed by atoms with Crippen molar-refractivity contribution in [1.82, 2.24) is 0 Å². The lowest BCUT2D eigenvalue weighted by Crippen LogP contribution is -2.30. The first-order valence-electron chi connectivity index (χ1n) is 6.17. The number of rotatable bonds is 5. The minimum atomic E-state index is -4.27. The Kier molecular flexibility index (Phi) is 5.56. The van der Waals surface area contributed by atoms with Crippen molar-refractivity contribution in [2.45, 2.75) is 4.90 Å². The predicted molar refractivity (Wildman–Crippen MR) is 91.2 cm³/mol. The fourth-order valence-electron chi connectivity index (χ4n) is 1.85. The summed E-state index contributed by atoms with van der Waals surface area (Å²) in [7, 11) is -3.17. The van der Waals surface area contributed by atoms with Gasteiger partial charge in [-0.2, -0.15) is 8.42 Å². The van der Waals surface area contributed by atoms with Crippen LogP contribution in [0.1, 0.15) is 0 Å². The monoisotopic (exact) mass is 410 g/mol. The minimum Gasteiger partial charge on any atom is -0.262 e. The molecule has 0 aliphatic heterocycles. The molecule has 11 heteroatoms. The Morgan fingerprint density at radius 3 is 2.29 bits per heavy atom. The lowest BCUT2D eigenvalue weighted by atomic mass is 10.3. The maximum atomic E-state index is 12.8. The number of sulfonamides is 1. The summed E-state index contributed by atoms with van der Waals surface area (Å²) in [6.45, 7) is 0. The number of nitrogens with zero attached hydrogens (tertiary/aromatic N) is 2. The molecule has 0 amide bonds. The quantitative estimate of drug-likeness (QED) is 0.540. The number of benzene rings is 2. The smallest absolute Gasteiger partial charge is 0.262 e. The minimum absolute atomic E-state index is 0.0699. The van der Waals surface area contributed by atoms with E-state index in [1.165, 1.54) is 12.1 Å². The molecule has 0 fully saturated rings.